The maximum absolute atomic E-state index is 11.7. The van der Waals surface area contributed by atoms with Crippen LogP contribution in [0.15, 0.2) is 24.3 Å². The summed E-state index contributed by atoms with van der Waals surface area (Å²) >= 11 is 1.43. The first-order valence-electron chi connectivity index (χ1n) is 9.10. The smallest absolute Gasteiger partial charge is 0.230 e. The van der Waals surface area contributed by atoms with E-state index in [4.69, 9.17) is 4.74 Å². The van der Waals surface area contributed by atoms with Crippen molar-refractivity contribution in [2.45, 2.75) is 32.7 Å². The van der Waals surface area contributed by atoms with Crippen LogP contribution in [0.2, 0.25) is 0 Å². The minimum absolute atomic E-state index is 0.110. The summed E-state index contributed by atoms with van der Waals surface area (Å²) in [5, 5.41) is 15.1. The molecule has 0 amide bonds. The Bertz CT molecular complexity index is 971. The van der Waals surface area contributed by atoms with Crippen molar-refractivity contribution in [1.82, 2.24) is 19.5 Å². The van der Waals surface area contributed by atoms with Gasteiger partial charge in [-0.3, -0.25) is 9.69 Å². The van der Waals surface area contributed by atoms with E-state index in [2.05, 4.69) is 15.0 Å². The molecule has 1 saturated heterocycles. The number of aromatic nitrogens is 3. The molecule has 2 aromatic heterocycles. The Morgan fingerprint density at radius 3 is 2.81 bits per heavy atom. The number of Topliss-reactive ketones (excluding diaryl/α,β-unsaturated/α-hetero) is 1. The van der Waals surface area contributed by atoms with E-state index in [9.17, 15) is 9.90 Å². The average Bonchev–Trinajstić information content (AvgIpc) is 3.15. The molecule has 0 radical (unpaired) electrons. The van der Waals surface area contributed by atoms with Gasteiger partial charge in [0.2, 0.25) is 10.8 Å². The molecule has 0 bridgehead atoms. The number of aryl methyl sites for hydroxylation is 1. The Morgan fingerprint density at radius 2 is 2.11 bits per heavy atom. The molecule has 4 rings (SSSR count). The van der Waals surface area contributed by atoms with Crippen molar-refractivity contribution in [3.05, 3.63) is 40.5 Å². The number of nitrogens with zero attached hydrogens (tertiary/aromatic N) is 4. The first-order valence-corrected chi connectivity index (χ1v) is 9.92. The predicted molar refractivity (Wildman–Crippen MR) is 103 cm³/mol. The van der Waals surface area contributed by atoms with E-state index in [1.807, 2.05) is 31.2 Å². The minimum Gasteiger partial charge on any atom is -0.494 e. The van der Waals surface area contributed by atoms with Gasteiger partial charge in [-0.1, -0.05) is 23.5 Å². The summed E-state index contributed by atoms with van der Waals surface area (Å²) < 4.78 is 7.16. The molecule has 1 aromatic carbocycles. The molecular formula is C19H22N4O3S. The number of likely N-dealkylation sites (tertiary alicyclic amines) is 1. The van der Waals surface area contributed by atoms with Gasteiger partial charge >= 0.3 is 0 Å². The SMILES string of the molecule is CCOc1cccc(C(c2sc3nc(C)nn3c2O)N2CCC(=O)CC2)c1. The Kier molecular flexibility index (Phi) is 4.84. The first-order chi connectivity index (χ1) is 13.1. The Hall–Kier alpha value is -2.45. The molecule has 142 valence electrons. The van der Waals surface area contributed by atoms with Crippen LogP contribution in [0.1, 0.15) is 42.1 Å². The number of hydrogen-bond acceptors (Lipinski definition) is 7. The molecule has 1 N–H and O–H groups in total. The van der Waals surface area contributed by atoms with Gasteiger partial charge in [0.25, 0.3) is 0 Å². The highest BCUT2D eigenvalue weighted by Crippen LogP contribution is 2.41. The van der Waals surface area contributed by atoms with Gasteiger partial charge < -0.3 is 9.84 Å². The van der Waals surface area contributed by atoms with Gasteiger partial charge in [-0.05, 0) is 31.5 Å². The van der Waals surface area contributed by atoms with Gasteiger partial charge in [0.1, 0.15) is 17.4 Å². The number of hydrogen-bond donors (Lipinski definition) is 1. The van der Waals surface area contributed by atoms with Crippen LogP contribution < -0.4 is 4.74 Å². The van der Waals surface area contributed by atoms with Gasteiger partial charge in [-0.2, -0.15) is 4.52 Å². The van der Waals surface area contributed by atoms with Gasteiger partial charge in [0, 0.05) is 25.9 Å². The highest BCUT2D eigenvalue weighted by atomic mass is 32.1. The number of rotatable bonds is 5. The number of ketones is 1. The van der Waals surface area contributed by atoms with Crippen LogP contribution >= 0.6 is 11.3 Å². The molecule has 0 aliphatic carbocycles. The molecule has 1 fully saturated rings. The van der Waals surface area contributed by atoms with E-state index in [-0.39, 0.29) is 17.7 Å². The van der Waals surface area contributed by atoms with Crippen molar-refractivity contribution in [3.8, 4) is 11.6 Å². The lowest BCUT2D eigenvalue weighted by Gasteiger charge is -2.33. The fourth-order valence-electron chi connectivity index (χ4n) is 3.53. The van der Waals surface area contributed by atoms with Crippen LogP contribution in [0.25, 0.3) is 4.96 Å². The molecule has 27 heavy (non-hydrogen) atoms. The van der Waals surface area contributed by atoms with Crippen LogP contribution in [-0.4, -0.2) is 50.1 Å². The molecule has 1 atom stereocenters. The maximum Gasteiger partial charge on any atom is 0.230 e. The summed E-state index contributed by atoms with van der Waals surface area (Å²) in [6, 6.07) is 7.75. The van der Waals surface area contributed by atoms with Crippen LogP contribution in [0.4, 0.5) is 0 Å². The lowest BCUT2D eigenvalue weighted by molar-refractivity contribution is -0.121. The fraction of sp³-hybridized carbons (Fsp3) is 0.421. The van der Waals surface area contributed by atoms with Crippen molar-refractivity contribution < 1.29 is 14.6 Å². The van der Waals surface area contributed by atoms with E-state index < -0.39 is 0 Å². The third-order valence-corrected chi connectivity index (χ3v) is 5.83. The highest BCUT2D eigenvalue weighted by molar-refractivity contribution is 7.17. The standard InChI is InChI=1S/C19H22N4O3S/c1-3-26-15-6-4-5-13(11-15)16(22-9-7-14(24)8-10-22)17-18(25)23-19(27-17)20-12(2)21-23/h4-6,11,16,25H,3,7-10H2,1-2H3. The first kappa shape index (κ1) is 17.9. The zero-order chi connectivity index (χ0) is 19.0. The van der Waals surface area contributed by atoms with E-state index in [0.29, 0.717) is 43.3 Å². The molecule has 3 aromatic rings. The van der Waals surface area contributed by atoms with E-state index in [1.165, 1.54) is 15.9 Å². The molecule has 3 heterocycles. The predicted octanol–water partition coefficient (Wildman–Crippen LogP) is 2.96. The van der Waals surface area contributed by atoms with Crippen molar-refractivity contribution in [2.75, 3.05) is 19.7 Å². The number of aromatic hydroxyl groups is 1. The van der Waals surface area contributed by atoms with E-state index >= 15 is 0 Å². The Morgan fingerprint density at radius 1 is 1.33 bits per heavy atom. The lowest BCUT2D eigenvalue weighted by Crippen LogP contribution is -2.37. The second-order valence-electron chi connectivity index (χ2n) is 6.63. The zero-order valence-electron chi connectivity index (χ0n) is 15.4. The number of piperidine rings is 1. The monoisotopic (exact) mass is 386 g/mol. The van der Waals surface area contributed by atoms with Crippen LogP contribution in [0.3, 0.4) is 0 Å². The van der Waals surface area contributed by atoms with Gasteiger partial charge in [-0.25, -0.2) is 4.98 Å². The fourth-order valence-corrected chi connectivity index (χ4v) is 4.69. The van der Waals surface area contributed by atoms with Crippen molar-refractivity contribution in [3.63, 3.8) is 0 Å². The van der Waals surface area contributed by atoms with Crippen molar-refractivity contribution >= 4 is 22.1 Å². The summed E-state index contributed by atoms with van der Waals surface area (Å²) in [5.41, 5.74) is 1.02. The lowest BCUT2D eigenvalue weighted by atomic mass is 9.99. The van der Waals surface area contributed by atoms with Crippen LogP contribution in [-0.2, 0) is 4.79 Å². The van der Waals surface area contributed by atoms with E-state index in [0.717, 1.165) is 16.2 Å². The molecule has 1 aliphatic rings. The number of benzene rings is 1. The Labute approximate surface area is 161 Å². The largest absolute Gasteiger partial charge is 0.494 e. The number of ether oxygens (including phenoxy) is 1. The van der Waals surface area contributed by atoms with Crippen LogP contribution in [0, 0.1) is 6.92 Å². The summed E-state index contributed by atoms with van der Waals surface area (Å²) in [7, 11) is 0. The molecule has 8 heteroatoms. The Balaban J connectivity index is 1.79. The number of fused-ring (bicyclic) bond motifs is 1. The van der Waals surface area contributed by atoms with Gasteiger partial charge in [0.15, 0.2) is 0 Å². The summed E-state index contributed by atoms with van der Waals surface area (Å²) in [6.07, 6.45) is 1.06. The molecular weight excluding hydrogens is 364 g/mol. The quantitative estimate of drug-likeness (QED) is 0.726. The number of carbonyl (C=O) groups excluding carboxylic acids is 1. The summed E-state index contributed by atoms with van der Waals surface area (Å²) in [5.74, 6) is 1.82. The van der Waals surface area contributed by atoms with Gasteiger partial charge in [-0.15, -0.1) is 5.10 Å². The second kappa shape index (κ2) is 7.28. The van der Waals surface area contributed by atoms with Gasteiger partial charge in [0.05, 0.1) is 17.5 Å². The number of thiazole rings is 1. The minimum atomic E-state index is -0.174. The zero-order valence-corrected chi connectivity index (χ0v) is 16.2. The molecule has 1 unspecified atom stereocenters. The van der Waals surface area contributed by atoms with Crippen molar-refractivity contribution in [1.29, 1.82) is 0 Å². The number of carbonyl (C=O) groups is 1. The third-order valence-electron chi connectivity index (χ3n) is 4.76. The maximum atomic E-state index is 11.7. The highest BCUT2D eigenvalue weighted by Gasteiger charge is 2.31. The third kappa shape index (κ3) is 3.42. The molecule has 1 aliphatic heterocycles. The normalized spacial score (nSPS) is 16.7. The van der Waals surface area contributed by atoms with Crippen molar-refractivity contribution in [2.24, 2.45) is 0 Å². The van der Waals surface area contributed by atoms with E-state index in [1.54, 1.807) is 6.92 Å². The second-order valence-corrected chi connectivity index (χ2v) is 7.64. The molecule has 7 nitrogen and oxygen atoms in total. The van der Waals surface area contributed by atoms with Crippen LogP contribution in [0.5, 0.6) is 11.6 Å². The molecule has 0 saturated carbocycles. The summed E-state index contributed by atoms with van der Waals surface area (Å²) in [6.45, 7) is 5.67. The summed E-state index contributed by atoms with van der Waals surface area (Å²) in [4.78, 5) is 19.8. The average molecular weight is 386 g/mol. The molecule has 0 spiro atoms. The topological polar surface area (TPSA) is 80.0 Å².